The lowest BCUT2D eigenvalue weighted by atomic mass is 10.0. The molecule has 0 bridgehead atoms. The minimum absolute atomic E-state index is 0.276. The van der Waals surface area contributed by atoms with Gasteiger partial charge in [0.05, 0.1) is 31.2 Å². The predicted octanol–water partition coefficient (Wildman–Crippen LogP) is 4.74. The molecule has 32 heavy (non-hydrogen) atoms. The van der Waals surface area contributed by atoms with Crippen LogP contribution in [0.25, 0.3) is 22.0 Å². The van der Waals surface area contributed by atoms with E-state index in [1.54, 1.807) is 19.4 Å². The zero-order valence-corrected chi connectivity index (χ0v) is 17.4. The molecule has 0 spiro atoms. The lowest BCUT2D eigenvalue weighted by Gasteiger charge is -2.06. The average Bonchev–Trinajstić information content (AvgIpc) is 3.49. The largest absolute Gasteiger partial charge is 0.497 e. The molecule has 1 amide bonds. The number of aromatic amines is 1. The summed E-state index contributed by atoms with van der Waals surface area (Å²) in [7, 11) is 1.62. The second-order valence-electron chi connectivity index (χ2n) is 7.41. The molecule has 5 rings (SSSR count). The van der Waals surface area contributed by atoms with Crippen molar-refractivity contribution in [2.45, 2.75) is 6.54 Å². The predicted molar refractivity (Wildman–Crippen MR) is 124 cm³/mol. The molecule has 7 nitrogen and oxygen atoms in total. The minimum atomic E-state index is -0.276. The lowest BCUT2D eigenvalue weighted by Crippen LogP contribution is -2.11. The van der Waals surface area contributed by atoms with Crippen molar-refractivity contribution in [2.75, 3.05) is 12.4 Å². The van der Waals surface area contributed by atoms with Crippen molar-refractivity contribution < 1.29 is 9.53 Å². The summed E-state index contributed by atoms with van der Waals surface area (Å²) in [6.45, 7) is 0.614. The Kier molecular flexibility index (Phi) is 5.13. The van der Waals surface area contributed by atoms with E-state index in [2.05, 4.69) is 44.9 Å². The zero-order chi connectivity index (χ0) is 21.9. The summed E-state index contributed by atoms with van der Waals surface area (Å²) in [5.74, 6) is 0.490. The van der Waals surface area contributed by atoms with Crippen LogP contribution < -0.4 is 10.1 Å². The number of ether oxygens (including phenoxy) is 1. The molecule has 2 aromatic heterocycles. The normalized spacial score (nSPS) is 10.9. The third-order valence-corrected chi connectivity index (χ3v) is 5.31. The Bertz CT molecular complexity index is 1380. The number of benzene rings is 3. The fraction of sp³-hybridized carbons (Fsp3) is 0.0800. The number of amides is 1. The maximum Gasteiger partial charge on any atom is 0.273 e. The molecule has 0 fully saturated rings. The van der Waals surface area contributed by atoms with E-state index in [1.165, 1.54) is 16.3 Å². The zero-order valence-electron chi connectivity index (χ0n) is 17.4. The van der Waals surface area contributed by atoms with Crippen molar-refractivity contribution in [3.05, 3.63) is 96.4 Å². The number of carbonyl (C=O) groups is 1. The molecule has 0 aliphatic rings. The second-order valence-corrected chi connectivity index (χ2v) is 7.41. The van der Waals surface area contributed by atoms with Gasteiger partial charge >= 0.3 is 0 Å². The van der Waals surface area contributed by atoms with E-state index in [0.29, 0.717) is 23.6 Å². The van der Waals surface area contributed by atoms with Crippen LogP contribution in [0.5, 0.6) is 5.75 Å². The Morgan fingerprint density at radius 2 is 1.88 bits per heavy atom. The molecule has 0 radical (unpaired) electrons. The molecule has 158 valence electrons. The number of nitrogens with one attached hydrogen (secondary N) is 2. The van der Waals surface area contributed by atoms with Gasteiger partial charge in [-0.2, -0.15) is 10.2 Å². The highest BCUT2D eigenvalue weighted by Crippen LogP contribution is 2.22. The minimum Gasteiger partial charge on any atom is -0.497 e. The smallest absolute Gasteiger partial charge is 0.273 e. The van der Waals surface area contributed by atoms with Gasteiger partial charge in [-0.05, 0) is 46.7 Å². The Hall–Kier alpha value is -4.39. The summed E-state index contributed by atoms with van der Waals surface area (Å²) in [5, 5.41) is 16.7. The number of nitrogens with zero attached hydrogens (tertiary/aromatic N) is 3. The molecule has 0 atom stereocenters. The maximum absolute atomic E-state index is 12.7. The molecule has 0 saturated carbocycles. The number of rotatable bonds is 6. The van der Waals surface area contributed by atoms with E-state index < -0.39 is 0 Å². The van der Waals surface area contributed by atoms with E-state index in [1.807, 2.05) is 53.3 Å². The summed E-state index contributed by atoms with van der Waals surface area (Å²) in [6, 6.07) is 23.7. The van der Waals surface area contributed by atoms with Gasteiger partial charge in [0.2, 0.25) is 0 Å². The van der Waals surface area contributed by atoms with Gasteiger partial charge in [-0.15, -0.1) is 0 Å². The van der Waals surface area contributed by atoms with Crippen LogP contribution in [0.3, 0.4) is 0 Å². The van der Waals surface area contributed by atoms with Crippen molar-refractivity contribution in [2.24, 2.45) is 0 Å². The van der Waals surface area contributed by atoms with Gasteiger partial charge < -0.3 is 10.1 Å². The van der Waals surface area contributed by atoms with E-state index in [4.69, 9.17) is 4.74 Å². The van der Waals surface area contributed by atoms with Crippen molar-refractivity contribution in [1.82, 2.24) is 20.0 Å². The van der Waals surface area contributed by atoms with Gasteiger partial charge in [-0.1, -0.05) is 42.5 Å². The highest BCUT2D eigenvalue weighted by molar-refractivity contribution is 6.03. The molecule has 0 aliphatic carbocycles. The summed E-state index contributed by atoms with van der Waals surface area (Å²) >= 11 is 0. The number of H-pyrrole nitrogens is 1. The van der Waals surface area contributed by atoms with Gasteiger partial charge in [0.25, 0.3) is 5.91 Å². The molecule has 2 heterocycles. The Morgan fingerprint density at radius 1 is 1.06 bits per heavy atom. The van der Waals surface area contributed by atoms with Crippen LogP contribution in [-0.4, -0.2) is 33.0 Å². The first-order chi connectivity index (χ1) is 15.7. The average molecular weight is 423 g/mol. The standard InChI is InChI=1S/C25H21N5O2/c1-32-21-11-9-18(10-12-21)23-13-24(29-28-23)25(31)27-20-14-26-30(16-20)15-19-7-4-6-17-5-2-3-8-22(17)19/h2-14,16H,15H2,1H3,(H,27,31)(H,28,29). The first-order valence-electron chi connectivity index (χ1n) is 10.2. The van der Waals surface area contributed by atoms with E-state index in [-0.39, 0.29) is 5.91 Å². The van der Waals surface area contributed by atoms with Crippen LogP contribution in [0.4, 0.5) is 5.69 Å². The number of hydrogen-bond donors (Lipinski definition) is 2. The monoisotopic (exact) mass is 423 g/mol. The molecule has 7 heteroatoms. The highest BCUT2D eigenvalue weighted by Gasteiger charge is 2.13. The summed E-state index contributed by atoms with van der Waals surface area (Å²) in [5.41, 5.74) is 3.74. The van der Waals surface area contributed by atoms with Crippen LogP contribution in [0.1, 0.15) is 16.1 Å². The fourth-order valence-corrected chi connectivity index (χ4v) is 3.67. The Labute approximate surface area is 184 Å². The van der Waals surface area contributed by atoms with Crippen LogP contribution >= 0.6 is 0 Å². The molecular weight excluding hydrogens is 402 g/mol. The van der Waals surface area contributed by atoms with Crippen molar-refractivity contribution in [1.29, 1.82) is 0 Å². The number of hydrogen-bond acceptors (Lipinski definition) is 4. The highest BCUT2D eigenvalue weighted by atomic mass is 16.5. The van der Waals surface area contributed by atoms with Crippen molar-refractivity contribution >= 4 is 22.4 Å². The number of methoxy groups -OCH3 is 1. The van der Waals surface area contributed by atoms with E-state index in [0.717, 1.165) is 11.3 Å². The SMILES string of the molecule is COc1ccc(-c2cc(C(=O)Nc3cnn(Cc4cccc5ccccc45)c3)[nH]n2)cc1. The lowest BCUT2D eigenvalue weighted by molar-refractivity contribution is 0.102. The Morgan fingerprint density at radius 3 is 2.72 bits per heavy atom. The maximum atomic E-state index is 12.7. The van der Waals surface area contributed by atoms with Crippen LogP contribution in [0.2, 0.25) is 0 Å². The first kappa shape index (κ1) is 19.6. The van der Waals surface area contributed by atoms with Crippen LogP contribution in [-0.2, 0) is 6.54 Å². The number of aromatic nitrogens is 4. The molecule has 0 aliphatic heterocycles. The number of carbonyl (C=O) groups excluding carboxylic acids is 1. The molecule has 0 unspecified atom stereocenters. The number of anilines is 1. The van der Waals surface area contributed by atoms with Gasteiger partial charge in [0.15, 0.2) is 0 Å². The van der Waals surface area contributed by atoms with Crippen molar-refractivity contribution in [3.8, 4) is 17.0 Å². The van der Waals surface area contributed by atoms with E-state index in [9.17, 15) is 4.79 Å². The van der Waals surface area contributed by atoms with Crippen LogP contribution in [0, 0.1) is 0 Å². The van der Waals surface area contributed by atoms with Gasteiger partial charge in [0.1, 0.15) is 11.4 Å². The molecule has 3 aromatic carbocycles. The quantitative estimate of drug-likeness (QED) is 0.413. The van der Waals surface area contributed by atoms with Gasteiger partial charge in [-0.25, -0.2) is 0 Å². The first-order valence-corrected chi connectivity index (χ1v) is 10.2. The van der Waals surface area contributed by atoms with Gasteiger partial charge in [-0.3, -0.25) is 14.6 Å². The molecule has 0 saturated heterocycles. The van der Waals surface area contributed by atoms with Crippen LogP contribution in [0.15, 0.2) is 85.2 Å². The topological polar surface area (TPSA) is 84.8 Å². The number of fused-ring (bicyclic) bond motifs is 1. The summed E-state index contributed by atoms with van der Waals surface area (Å²) < 4.78 is 6.99. The van der Waals surface area contributed by atoms with Gasteiger partial charge in [0, 0.05) is 11.8 Å². The van der Waals surface area contributed by atoms with Crippen molar-refractivity contribution in [3.63, 3.8) is 0 Å². The fourth-order valence-electron chi connectivity index (χ4n) is 3.67. The summed E-state index contributed by atoms with van der Waals surface area (Å²) in [6.07, 6.45) is 3.46. The summed E-state index contributed by atoms with van der Waals surface area (Å²) in [4.78, 5) is 12.7. The molecule has 5 aromatic rings. The third-order valence-electron chi connectivity index (χ3n) is 5.31. The third kappa shape index (κ3) is 3.96. The molecular formula is C25H21N5O2. The second kappa shape index (κ2) is 8.39. The molecule has 2 N–H and O–H groups in total. The Balaban J connectivity index is 1.28. The van der Waals surface area contributed by atoms with E-state index >= 15 is 0 Å².